The van der Waals surface area contributed by atoms with E-state index in [-0.39, 0.29) is 17.7 Å². The Bertz CT molecular complexity index is 727. The monoisotopic (exact) mass is 312 g/mol. The summed E-state index contributed by atoms with van der Waals surface area (Å²) in [4.78, 5) is 23.6. The number of nitrogens with one attached hydrogen (secondary N) is 2. The SMILES string of the molecule is Cc1nn(-c2ccccc2)c(C)c1NC(=O)[C@H]1CCC(=O)NC1. The van der Waals surface area contributed by atoms with Gasteiger partial charge in [0.05, 0.1) is 28.7 Å². The molecule has 6 nitrogen and oxygen atoms in total. The summed E-state index contributed by atoms with van der Waals surface area (Å²) in [6, 6.07) is 9.81. The number of carbonyl (C=O) groups is 2. The second-order valence-electron chi connectivity index (χ2n) is 5.82. The lowest BCUT2D eigenvalue weighted by atomic mass is 9.98. The van der Waals surface area contributed by atoms with E-state index in [9.17, 15) is 9.59 Å². The standard InChI is InChI=1S/C17H20N4O2/c1-11-16(19-17(23)13-8-9-15(22)18-10-13)12(2)21(20-11)14-6-4-3-5-7-14/h3-7,13H,8-10H2,1-2H3,(H,18,22)(H,19,23)/t13-/m0/s1. The lowest BCUT2D eigenvalue weighted by Crippen LogP contribution is -2.40. The molecule has 1 aliphatic rings. The van der Waals surface area contributed by atoms with E-state index in [0.29, 0.717) is 19.4 Å². The van der Waals surface area contributed by atoms with Gasteiger partial charge in [-0.05, 0) is 32.4 Å². The van der Waals surface area contributed by atoms with Gasteiger partial charge in [-0.1, -0.05) is 18.2 Å². The second-order valence-corrected chi connectivity index (χ2v) is 5.82. The lowest BCUT2D eigenvalue weighted by Gasteiger charge is -2.21. The molecular weight excluding hydrogens is 292 g/mol. The average molecular weight is 312 g/mol. The Morgan fingerprint density at radius 1 is 1.30 bits per heavy atom. The van der Waals surface area contributed by atoms with Gasteiger partial charge in [0.25, 0.3) is 0 Å². The van der Waals surface area contributed by atoms with Crippen LogP contribution in [0.5, 0.6) is 0 Å². The largest absolute Gasteiger partial charge is 0.355 e. The molecule has 2 amide bonds. The first-order chi connectivity index (χ1) is 11.1. The first kappa shape index (κ1) is 15.3. The summed E-state index contributed by atoms with van der Waals surface area (Å²) in [6.07, 6.45) is 0.988. The summed E-state index contributed by atoms with van der Waals surface area (Å²) in [5, 5.41) is 10.2. The molecule has 1 aromatic carbocycles. The van der Waals surface area contributed by atoms with Gasteiger partial charge in [-0.25, -0.2) is 4.68 Å². The molecule has 0 unspecified atom stereocenters. The molecule has 0 saturated carbocycles. The normalized spacial score (nSPS) is 17.7. The van der Waals surface area contributed by atoms with Crippen LogP contribution < -0.4 is 10.6 Å². The van der Waals surface area contributed by atoms with Crippen molar-refractivity contribution in [2.75, 3.05) is 11.9 Å². The molecule has 6 heteroatoms. The molecule has 2 N–H and O–H groups in total. The third-order valence-electron chi connectivity index (χ3n) is 4.18. The predicted octanol–water partition coefficient (Wildman–Crippen LogP) is 1.95. The summed E-state index contributed by atoms with van der Waals surface area (Å²) in [5.41, 5.74) is 3.37. The molecule has 120 valence electrons. The zero-order chi connectivity index (χ0) is 16.4. The van der Waals surface area contributed by atoms with Crippen molar-refractivity contribution in [1.29, 1.82) is 0 Å². The molecule has 0 radical (unpaired) electrons. The molecule has 2 aromatic rings. The van der Waals surface area contributed by atoms with E-state index < -0.39 is 0 Å². The maximum atomic E-state index is 12.4. The number of piperidine rings is 1. The maximum Gasteiger partial charge on any atom is 0.229 e. The number of aromatic nitrogens is 2. The van der Waals surface area contributed by atoms with Crippen LogP contribution in [0.15, 0.2) is 30.3 Å². The van der Waals surface area contributed by atoms with Crippen LogP contribution in [0, 0.1) is 19.8 Å². The van der Waals surface area contributed by atoms with Crippen molar-refractivity contribution in [3.05, 3.63) is 41.7 Å². The third-order valence-corrected chi connectivity index (χ3v) is 4.18. The number of para-hydroxylation sites is 1. The number of carbonyl (C=O) groups excluding carboxylic acids is 2. The molecule has 1 atom stereocenters. The van der Waals surface area contributed by atoms with E-state index in [0.717, 1.165) is 22.8 Å². The number of hydrogen-bond donors (Lipinski definition) is 2. The zero-order valence-electron chi connectivity index (χ0n) is 13.3. The Morgan fingerprint density at radius 3 is 2.70 bits per heavy atom. The Morgan fingerprint density at radius 2 is 2.04 bits per heavy atom. The van der Waals surface area contributed by atoms with E-state index in [4.69, 9.17) is 0 Å². The topological polar surface area (TPSA) is 76.0 Å². The van der Waals surface area contributed by atoms with Crippen molar-refractivity contribution in [3.63, 3.8) is 0 Å². The Kier molecular flexibility index (Phi) is 4.14. The van der Waals surface area contributed by atoms with Crippen molar-refractivity contribution >= 4 is 17.5 Å². The highest BCUT2D eigenvalue weighted by atomic mass is 16.2. The second kappa shape index (κ2) is 6.24. The fourth-order valence-corrected chi connectivity index (χ4v) is 2.83. The molecular formula is C17H20N4O2. The maximum absolute atomic E-state index is 12.4. The van der Waals surface area contributed by atoms with Crippen LogP contribution >= 0.6 is 0 Å². The van der Waals surface area contributed by atoms with Crippen LogP contribution in [-0.2, 0) is 9.59 Å². The van der Waals surface area contributed by atoms with Gasteiger partial charge in [0.2, 0.25) is 11.8 Å². The highest BCUT2D eigenvalue weighted by Crippen LogP contribution is 2.24. The smallest absolute Gasteiger partial charge is 0.229 e. The van der Waals surface area contributed by atoms with E-state index in [2.05, 4.69) is 15.7 Å². The van der Waals surface area contributed by atoms with Crippen LogP contribution in [0.4, 0.5) is 5.69 Å². The molecule has 0 bridgehead atoms. The van der Waals surface area contributed by atoms with Gasteiger partial charge >= 0.3 is 0 Å². The van der Waals surface area contributed by atoms with Gasteiger partial charge in [-0.3, -0.25) is 9.59 Å². The molecule has 1 aromatic heterocycles. The van der Waals surface area contributed by atoms with Crippen LogP contribution in [-0.4, -0.2) is 28.1 Å². The molecule has 0 spiro atoms. The highest BCUT2D eigenvalue weighted by molar-refractivity contribution is 5.95. The van der Waals surface area contributed by atoms with Gasteiger partial charge in [-0.15, -0.1) is 0 Å². The molecule has 0 aliphatic carbocycles. The number of hydrogen-bond acceptors (Lipinski definition) is 3. The summed E-state index contributed by atoms with van der Waals surface area (Å²) in [7, 11) is 0. The molecule has 2 heterocycles. The Balaban J connectivity index is 1.80. The van der Waals surface area contributed by atoms with Gasteiger partial charge in [0.1, 0.15) is 0 Å². The number of amides is 2. The van der Waals surface area contributed by atoms with Gasteiger partial charge in [0, 0.05) is 13.0 Å². The molecule has 3 rings (SSSR count). The first-order valence-corrected chi connectivity index (χ1v) is 7.75. The first-order valence-electron chi connectivity index (χ1n) is 7.75. The van der Waals surface area contributed by atoms with E-state index in [1.807, 2.05) is 48.9 Å². The van der Waals surface area contributed by atoms with Crippen LogP contribution in [0.25, 0.3) is 5.69 Å². The summed E-state index contributed by atoms with van der Waals surface area (Å²) < 4.78 is 1.83. The Labute approximate surface area is 134 Å². The van der Waals surface area contributed by atoms with Gasteiger partial charge in [-0.2, -0.15) is 5.10 Å². The number of aryl methyl sites for hydroxylation is 1. The average Bonchev–Trinajstić information content (AvgIpc) is 2.84. The van der Waals surface area contributed by atoms with Gasteiger partial charge in [0.15, 0.2) is 0 Å². The van der Waals surface area contributed by atoms with Crippen molar-refractivity contribution in [2.45, 2.75) is 26.7 Å². The van der Waals surface area contributed by atoms with Crippen molar-refractivity contribution < 1.29 is 9.59 Å². The minimum absolute atomic E-state index is 0.0123. The number of rotatable bonds is 3. The van der Waals surface area contributed by atoms with Crippen molar-refractivity contribution in [2.24, 2.45) is 5.92 Å². The fraction of sp³-hybridized carbons (Fsp3) is 0.353. The van der Waals surface area contributed by atoms with Crippen molar-refractivity contribution in [3.8, 4) is 5.69 Å². The molecule has 23 heavy (non-hydrogen) atoms. The Hall–Kier alpha value is -2.63. The van der Waals surface area contributed by atoms with E-state index in [1.165, 1.54) is 0 Å². The summed E-state index contributed by atoms with van der Waals surface area (Å²) in [5.74, 6) is -0.242. The lowest BCUT2D eigenvalue weighted by molar-refractivity contribution is -0.126. The van der Waals surface area contributed by atoms with E-state index >= 15 is 0 Å². The summed E-state index contributed by atoms with van der Waals surface area (Å²) >= 11 is 0. The minimum atomic E-state index is -0.188. The molecule has 1 fully saturated rings. The highest BCUT2D eigenvalue weighted by Gasteiger charge is 2.26. The third kappa shape index (κ3) is 3.11. The van der Waals surface area contributed by atoms with Crippen LogP contribution in [0.2, 0.25) is 0 Å². The van der Waals surface area contributed by atoms with Crippen LogP contribution in [0.1, 0.15) is 24.2 Å². The quantitative estimate of drug-likeness (QED) is 0.909. The number of nitrogens with zero attached hydrogens (tertiary/aromatic N) is 2. The summed E-state index contributed by atoms with van der Waals surface area (Å²) in [6.45, 7) is 4.21. The van der Waals surface area contributed by atoms with Crippen LogP contribution in [0.3, 0.4) is 0 Å². The van der Waals surface area contributed by atoms with Crippen molar-refractivity contribution in [1.82, 2.24) is 15.1 Å². The minimum Gasteiger partial charge on any atom is -0.355 e. The zero-order valence-corrected chi connectivity index (χ0v) is 13.3. The number of anilines is 1. The predicted molar refractivity (Wildman–Crippen MR) is 87.4 cm³/mol. The fourth-order valence-electron chi connectivity index (χ4n) is 2.83. The number of benzene rings is 1. The van der Waals surface area contributed by atoms with E-state index in [1.54, 1.807) is 0 Å². The molecule has 1 saturated heterocycles. The van der Waals surface area contributed by atoms with Gasteiger partial charge < -0.3 is 10.6 Å². The molecule has 1 aliphatic heterocycles.